The fourth-order valence-electron chi connectivity index (χ4n) is 3.06. The number of hydrogen-bond acceptors (Lipinski definition) is 3. The Balaban J connectivity index is 1.80. The molecule has 0 aliphatic carbocycles. The Morgan fingerprint density at radius 2 is 1.68 bits per heavy atom. The maximum Gasteiger partial charge on any atom is 0.255 e. The zero-order valence-corrected chi connectivity index (χ0v) is 16.7. The van der Waals surface area contributed by atoms with E-state index in [0.29, 0.717) is 17.9 Å². The second kappa shape index (κ2) is 8.61. The van der Waals surface area contributed by atoms with Crippen molar-refractivity contribution < 1.29 is 14.3 Å². The van der Waals surface area contributed by atoms with Crippen LogP contribution in [0.15, 0.2) is 60.7 Å². The molecular weight excluding hydrogens is 350 g/mol. The molecule has 0 bridgehead atoms. The highest BCUT2D eigenvalue weighted by atomic mass is 16.5. The Kier molecular flexibility index (Phi) is 5.99. The summed E-state index contributed by atoms with van der Waals surface area (Å²) in [6.45, 7) is 6.49. The van der Waals surface area contributed by atoms with Crippen LogP contribution < -0.4 is 14.8 Å². The van der Waals surface area contributed by atoms with E-state index in [1.165, 1.54) is 5.56 Å². The third kappa shape index (κ3) is 4.52. The van der Waals surface area contributed by atoms with Gasteiger partial charge >= 0.3 is 0 Å². The smallest absolute Gasteiger partial charge is 0.255 e. The molecule has 3 rings (SSSR count). The predicted octanol–water partition coefficient (Wildman–Crippen LogP) is 5.45. The number of hydrogen-bond donors (Lipinski definition) is 1. The Morgan fingerprint density at radius 1 is 0.929 bits per heavy atom. The maximum atomic E-state index is 12.6. The molecule has 144 valence electrons. The van der Waals surface area contributed by atoms with Crippen LogP contribution in [0.4, 0.5) is 5.69 Å². The fourth-order valence-corrected chi connectivity index (χ4v) is 3.06. The van der Waals surface area contributed by atoms with Crippen molar-refractivity contribution in [3.05, 3.63) is 88.5 Å². The zero-order valence-electron chi connectivity index (χ0n) is 16.7. The quantitative estimate of drug-likeness (QED) is 0.623. The van der Waals surface area contributed by atoms with E-state index in [2.05, 4.69) is 25.2 Å². The van der Waals surface area contributed by atoms with Crippen LogP contribution >= 0.6 is 0 Å². The second-order valence-corrected chi connectivity index (χ2v) is 6.84. The number of anilines is 1. The molecule has 0 fully saturated rings. The molecule has 0 spiro atoms. The lowest BCUT2D eigenvalue weighted by atomic mass is 10.1. The van der Waals surface area contributed by atoms with Gasteiger partial charge in [-0.05, 0) is 73.9 Å². The summed E-state index contributed by atoms with van der Waals surface area (Å²) < 4.78 is 11.5. The third-order valence-electron chi connectivity index (χ3n) is 4.72. The molecule has 4 nitrogen and oxygen atoms in total. The number of carbonyl (C=O) groups excluding carboxylic acids is 1. The molecular formula is C24H25NO3. The maximum absolute atomic E-state index is 12.6. The lowest BCUT2D eigenvalue weighted by Crippen LogP contribution is -2.12. The van der Waals surface area contributed by atoms with Crippen LogP contribution in [-0.4, -0.2) is 13.0 Å². The molecule has 0 saturated heterocycles. The molecule has 28 heavy (non-hydrogen) atoms. The molecule has 0 aliphatic heterocycles. The van der Waals surface area contributed by atoms with Gasteiger partial charge < -0.3 is 14.8 Å². The average Bonchev–Trinajstić information content (AvgIpc) is 2.70. The minimum absolute atomic E-state index is 0.169. The van der Waals surface area contributed by atoms with E-state index in [4.69, 9.17) is 9.47 Å². The average molecular weight is 375 g/mol. The molecule has 1 N–H and O–H groups in total. The predicted molar refractivity (Wildman–Crippen MR) is 112 cm³/mol. The zero-order chi connectivity index (χ0) is 20.1. The standard InChI is InChI=1S/C24H25NO3/c1-16-12-17(2)18(3)23(13-16)28-15-20-14-19(10-11-22(20)27-4)24(26)25-21-8-6-5-7-9-21/h5-14H,15H2,1-4H3,(H,25,26). The highest BCUT2D eigenvalue weighted by Crippen LogP contribution is 2.27. The highest BCUT2D eigenvalue weighted by Gasteiger charge is 2.12. The van der Waals surface area contributed by atoms with Gasteiger partial charge in [-0.2, -0.15) is 0 Å². The van der Waals surface area contributed by atoms with Crippen molar-refractivity contribution in [2.45, 2.75) is 27.4 Å². The number of amides is 1. The van der Waals surface area contributed by atoms with Crippen LogP contribution in [0.3, 0.4) is 0 Å². The first-order valence-electron chi connectivity index (χ1n) is 9.22. The summed E-state index contributed by atoms with van der Waals surface area (Å²) in [6.07, 6.45) is 0. The molecule has 3 aromatic carbocycles. The van der Waals surface area contributed by atoms with Gasteiger partial charge in [0.2, 0.25) is 0 Å². The Hall–Kier alpha value is -3.27. The molecule has 3 aromatic rings. The number of para-hydroxylation sites is 1. The minimum Gasteiger partial charge on any atom is -0.496 e. The van der Waals surface area contributed by atoms with E-state index in [9.17, 15) is 4.79 Å². The van der Waals surface area contributed by atoms with Gasteiger partial charge in [0.25, 0.3) is 5.91 Å². The van der Waals surface area contributed by atoms with Crippen molar-refractivity contribution in [2.24, 2.45) is 0 Å². The van der Waals surface area contributed by atoms with Crippen molar-refractivity contribution in [1.29, 1.82) is 0 Å². The van der Waals surface area contributed by atoms with Gasteiger partial charge in [0.15, 0.2) is 0 Å². The number of rotatable bonds is 6. The van der Waals surface area contributed by atoms with E-state index in [-0.39, 0.29) is 5.91 Å². The van der Waals surface area contributed by atoms with Gasteiger partial charge in [0.1, 0.15) is 18.1 Å². The van der Waals surface area contributed by atoms with Crippen LogP contribution in [0.1, 0.15) is 32.6 Å². The van der Waals surface area contributed by atoms with Gasteiger partial charge in [-0.3, -0.25) is 4.79 Å². The fraction of sp³-hybridized carbons (Fsp3) is 0.208. The van der Waals surface area contributed by atoms with Crippen molar-refractivity contribution in [3.8, 4) is 11.5 Å². The van der Waals surface area contributed by atoms with Crippen LogP contribution in [0.25, 0.3) is 0 Å². The third-order valence-corrected chi connectivity index (χ3v) is 4.72. The molecule has 1 amide bonds. The normalized spacial score (nSPS) is 10.4. The van der Waals surface area contributed by atoms with Crippen molar-refractivity contribution >= 4 is 11.6 Å². The molecule has 0 atom stereocenters. The molecule has 0 aromatic heterocycles. The van der Waals surface area contributed by atoms with E-state index >= 15 is 0 Å². The molecule has 0 radical (unpaired) electrons. The Labute approximate surface area is 166 Å². The molecule has 0 saturated carbocycles. The topological polar surface area (TPSA) is 47.6 Å². The van der Waals surface area contributed by atoms with E-state index in [1.807, 2.05) is 49.4 Å². The van der Waals surface area contributed by atoms with Gasteiger partial charge in [0.05, 0.1) is 7.11 Å². The molecule has 0 aliphatic rings. The number of methoxy groups -OCH3 is 1. The summed E-state index contributed by atoms with van der Waals surface area (Å²) in [5, 5.41) is 2.90. The summed E-state index contributed by atoms with van der Waals surface area (Å²) in [6, 6.07) is 18.9. The van der Waals surface area contributed by atoms with Crippen molar-refractivity contribution in [3.63, 3.8) is 0 Å². The van der Waals surface area contributed by atoms with Crippen molar-refractivity contribution in [1.82, 2.24) is 0 Å². The molecule has 0 heterocycles. The summed E-state index contributed by atoms with van der Waals surface area (Å²) in [5.41, 5.74) is 5.59. The summed E-state index contributed by atoms with van der Waals surface area (Å²) in [5.74, 6) is 1.37. The van der Waals surface area contributed by atoms with Crippen LogP contribution in [0.5, 0.6) is 11.5 Å². The Bertz CT molecular complexity index is 981. The Morgan fingerprint density at radius 3 is 2.39 bits per heavy atom. The number of nitrogens with one attached hydrogen (secondary N) is 1. The van der Waals surface area contributed by atoms with Gasteiger partial charge in [-0.25, -0.2) is 0 Å². The van der Waals surface area contributed by atoms with Crippen LogP contribution in [0, 0.1) is 20.8 Å². The van der Waals surface area contributed by atoms with Crippen molar-refractivity contribution in [2.75, 3.05) is 12.4 Å². The number of carbonyl (C=O) groups is 1. The van der Waals surface area contributed by atoms with E-state index in [0.717, 1.165) is 28.1 Å². The van der Waals surface area contributed by atoms with E-state index in [1.54, 1.807) is 19.2 Å². The van der Waals surface area contributed by atoms with Crippen LogP contribution in [0.2, 0.25) is 0 Å². The summed E-state index contributed by atoms with van der Waals surface area (Å²) in [7, 11) is 1.62. The first-order chi connectivity index (χ1) is 13.5. The monoisotopic (exact) mass is 375 g/mol. The van der Waals surface area contributed by atoms with Gasteiger partial charge in [-0.15, -0.1) is 0 Å². The first-order valence-corrected chi connectivity index (χ1v) is 9.22. The number of benzene rings is 3. The van der Waals surface area contributed by atoms with Gasteiger partial charge in [-0.1, -0.05) is 24.3 Å². The SMILES string of the molecule is COc1ccc(C(=O)Nc2ccccc2)cc1COc1cc(C)cc(C)c1C. The molecule has 4 heteroatoms. The second-order valence-electron chi connectivity index (χ2n) is 6.84. The number of ether oxygens (including phenoxy) is 2. The highest BCUT2D eigenvalue weighted by molar-refractivity contribution is 6.04. The lowest BCUT2D eigenvalue weighted by Gasteiger charge is -2.15. The number of aryl methyl sites for hydroxylation is 2. The summed E-state index contributed by atoms with van der Waals surface area (Å²) >= 11 is 0. The largest absolute Gasteiger partial charge is 0.496 e. The minimum atomic E-state index is -0.169. The molecule has 0 unspecified atom stereocenters. The summed E-state index contributed by atoms with van der Waals surface area (Å²) in [4.78, 5) is 12.6. The lowest BCUT2D eigenvalue weighted by molar-refractivity contribution is 0.102. The van der Waals surface area contributed by atoms with Gasteiger partial charge in [0, 0.05) is 16.8 Å². The van der Waals surface area contributed by atoms with E-state index < -0.39 is 0 Å². The van der Waals surface area contributed by atoms with Crippen LogP contribution in [-0.2, 0) is 6.61 Å². The first kappa shape index (κ1) is 19.5.